The number of anilines is 1. The Kier molecular flexibility index (Phi) is 4.99. The summed E-state index contributed by atoms with van der Waals surface area (Å²) in [6.45, 7) is 7.13. The van der Waals surface area contributed by atoms with Gasteiger partial charge < -0.3 is 20.2 Å². The Balaban J connectivity index is 1.50. The van der Waals surface area contributed by atoms with Crippen LogP contribution in [-0.2, 0) is 0 Å². The van der Waals surface area contributed by atoms with Gasteiger partial charge in [0, 0.05) is 43.6 Å². The molecule has 0 radical (unpaired) electrons. The summed E-state index contributed by atoms with van der Waals surface area (Å²) in [4.78, 5) is 22.4. The lowest BCUT2D eigenvalue weighted by Crippen LogP contribution is -2.43. The van der Waals surface area contributed by atoms with Crippen LogP contribution in [0.25, 0.3) is 39.2 Å². The summed E-state index contributed by atoms with van der Waals surface area (Å²) in [6, 6.07) is 12.2. The maximum absolute atomic E-state index is 13.9. The van der Waals surface area contributed by atoms with E-state index in [1.807, 2.05) is 18.2 Å². The topological polar surface area (TPSA) is 85.0 Å². The van der Waals surface area contributed by atoms with E-state index in [0.29, 0.717) is 5.82 Å². The molecule has 4 aromatic rings. The Morgan fingerprint density at radius 3 is 2.55 bits per heavy atom. The molecule has 3 heterocycles. The number of allylic oxidation sites excluding steroid dienone is 1. The Hall–Kier alpha value is -3.52. The summed E-state index contributed by atoms with van der Waals surface area (Å²) in [6.07, 6.45) is 1.56. The fourth-order valence-electron chi connectivity index (χ4n) is 3.97. The molecule has 31 heavy (non-hydrogen) atoms. The summed E-state index contributed by atoms with van der Waals surface area (Å²) in [5.74, 6) is 0.819. The van der Waals surface area contributed by atoms with Crippen molar-refractivity contribution in [3.05, 3.63) is 48.0 Å². The van der Waals surface area contributed by atoms with E-state index in [0.717, 1.165) is 59.6 Å². The van der Waals surface area contributed by atoms with Gasteiger partial charge in [0.1, 0.15) is 17.3 Å². The van der Waals surface area contributed by atoms with Crippen molar-refractivity contribution in [1.29, 1.82) is 0 Å². The number of aromatic amines is 2. The smallest absolute Gasteiger partial charge is 0.159 e. The quantitative estimate of drug-likeness (QED) is 0.433. The number of imidazole rings is 2. The van der Waals surface area contributed by atoms with Gasteiger partial charge in [-0.15, -0.1) is 0 Å². The van der Waals surface area contributed by atoms with Gasteiger partial charge in [-0.2, -0.15) is 0 Å². The summed E-state index contributed by atoms with van der Waals surface area (Å²) >= 11 is 0. The molecule has 3 N–H and O–H groups in total. The van der Waals surface area contributed by atoms with E-state index >= 15 is 0 Å². The zero-order valence-electron chi connectivity index (χ0n) is 17.5. The average molecular weight is 417 g/mol. The highest BCUT2D eigenvalue weighted by Crippen LogP contribution is 2.28. The third kappa shape index (κ3) is 3.70. The second kappa shape index (κ2) is 7.96. The highest BCUT2D eigenvalue weighted by atomic mass is 19.1. The zero-order chi connectivity index (χ0) is 21.4. The Labute approximate surface area is 179 Å². The molecule has 0 atom stereocenters. The first-order valence-electron chi connectivity index (χ1n) is 10.4. The molecule has 5 rings (SSSR count). The number of rotatable bonds is 4. The van der Waals surface area contributed by atoms with Crippen LogP contribution >= 0.6 is 0 Å². The van der Waals surface area contributed by atoms with E-state index in [2.05, 4.69) is 48.4 Å². The van der Waals surface area contributed by atoms with Crippen LogP contribution in [-0.4, -0.2) is 52.3 Å². The summed E-state index contributed by atoms with van der Waals surface area (Å²) in [5.41, 5.74) is 5.84. The standard InChI is InChI=1S/C23H24FN7/c1-3-26-21(14(2)24)23-28-17-6-4-15(12-19(17)30-23)22-27-18-7-5-16(13-20(18)29-22)31-10-8-25-9-11-31/h3-7,12-13,25H,8-11H2,1-2H3,(H,27,29)(H,28,30)/b21-14+,26-3?. The zero-order valence-corrected chi connectivity index (χ0v) is 17.5. The number of hydrogen-bond acceptors (Lipinski definition) is 5. The summed E-state index contributed by atoms with van der Waals surface area (Å²) in [5, 5.41) is 3.38. The van der Waals surface area contributed by atoms with Crippen molar-refractivity contribution in [3.63, 3.8) is 0 Å². The molecule has 2 aromatic carbocycles. The largest absolute Gasteiger partial charge is 0.369 e. The number of aromatic nitrogens is 4. The molecule has 1 fully saturated rings. The van der Waals surface area contributed by atoms with E-state index in [-0.39, 0.29) is 11.5 Å². The van der Waals surface area contributed by atoms with Crippen molar-refractivity contribution < 1.29 is 4.39 Å². The van der Waals surface area contributed by atoms with Gasteiger partial charge in [-0.25, -0.2) is 14.4 Å². The second-order valence-electron chi connectivity index (χ2n) is 7.61. The van der Waals surface area contributed by atoms with Crippen LogP contribution < -0.4 is 10.2 Å². The Morgan fingerprint density at radius 1 is 1.03 bits per heavy atom. The second-order valence-corrected chi connectivity index (χ2v) is 7.61. The number of hydrogen-bond donors (Lipinski definition) is 3. The normalized spacial score (nSPS) is 15.9. The van der Waals surface area contributed by atoms with Gasteiger partial charge in [0.25, 0.3) is 0 Å². The van der Waals surface area contributed by atoms with Gasteiger partial charge in [-0.1, -0.05) is 0 Å². The predicted molar refractivity (Wildman–Crippen MR) is 124 cm³/mol. The van der Waals surface area contributed by atoms with Gasteiger partial charge in [-0.05, 0) is 50.2 Å². The molecule has 2 aromatic heterocycles. The van der Waals surface area contributed by atoms with Crippen molar-refractivity contribution in [2.75, 3.05) is 31.1 Å². The van der Waals surface area contributed by atoms with E-state index in [1.54, 1.807) is 13.1 Å². The SMILES string of the molecule is CC=N/C(=C(\C)F)c1nc2ccc(-c3nc4ccc(N5CCNCC5)cc4[nH]3)cc2[nH]1. The molecule has 158 valence electrons. The molecule has 0 bridgehead atoms. The fraction of sp³-hybridized carbons (Fsp3) is 0.261. The van der Waals surface area contributed by atoms with Crippen molar-refractivity contribution in [2.45, 2.75) is 13.8 Å². The third-order valence-corrected chi connectivity index (χ3v) is 5.51. The van der Waals surface area contributed by atoms with Crippen LogP contribution in [0.1, 0.15) is 19.7 Å². The lowest BCUT2D eigenvalue weighted by atomic mass is 10.2. The summed E-state index contributed by atoms with van der Waals surface area (Å²) in [7, 11) is 0. The van der Waals surface area contributed by atoms with Gasteiger partial charge in [-0.3, -0.25) is 4.99 Å². The van der Waals surface area contributed by atoms with Crippen LogP contribution in [0.3, 0.4) is 0 Å². The molecule has 0 spiro atoms. The first-order valence-corrected chi connectivity index (χ1v) is 10.4. The van der Waals surface area contributed by atoms with Crippen molar-refractivity contribution in [1.82, 2.24) is 25.3 Å². The number of H-pyrrole nitrogens is 2. The fourth-order valence-corrected chi connectivity index (χ4v) is 3.97. The van der Waals surface area contributed by atoms with Crippen molar-refractivity contribution >= 4 is 39.7 Å². The Bertz CT molecular complexity index is 1300. The van der Waals surface area contributed by atoms with E-state index in [4.69, 9.17) is 4.98 Å². The lowest BCUT2D eigenvalue weighted by Gasteiger charge is -2.29. The lowest BCUT2D eigenvalue weighted by molar-refractivity contribution is 0.589. The van der Waals surface area contributed by atoms with Crippen molar-refractivity contribution in [2.24, 2.45) is 4.99 Å². The monoisotopic (exact) mass is 417 g/mol. The van der Waals surface area contributed by atoms with Crippen LogP contribution in [0.15, 0.2) is 47.2 Å². The Morgan fingerprint density at radius 2 is 1.77 bits per heavy atom. The maximum Gasteiger partial charge on any atom is 0.159 e. The van der Waals surface area contributed by atoms with Crippen LogP contribution in [0, 0.1) is 0 Å². The van der Waals surface area contributed by atoms with Gasteiger partial charge in [0.05, 0.1) is 22.1 Å². The number of nitrogens with one attached hydrogen (secondary N) is 3. The number of benzene rings is 2. The first kappa shape index (κ1) is 19.4. The molecule has 1 saturated heterocycles. The van der Waals surface area contributed by atoms with Crippen molar-refractivity contribution in [3.8, 4) is 11.4 Å². The number of fused-ring (bicyclic) bond motifs is 2. The number of halogens is 1. The molecule has 1 aliphatic heterocycles. The molecule has 8 heteroatoms. The van der Waals surface area contributed by atoms with Crippen LogP contribution in [0.5, 0.6) is 0 Å². The van der Waals surface area contributed by atoms with Gasteiger partial charge >= 0.3 is 0 Å². The molecule has 1 aliphatic rings. The number of piperazine rings is 1. The number of nitrogens with zero attached hydrogens (tertiary/aromatic N) is 4. The average Bonchev–Trinajstić information content (AvgIpc) is 3.40. The minimum absolute atomic E-state index is 0.212. The molecule has 0 unspecified atom stereocenters. The summed E-state index contributed by atoms with van der Waals surface area (Å²) < 4.78 is 13.9. The highest BCUT2D eigenvalue weighted by molar-refractivity contribution is 5.87. The molecular weight excluding hydrogens is 393 g/mol. The molecule has 0 aliphatic carbocycles. The van der Waals surface area contributed by atoms with E-state index in [9.17, 15) is 4.39 Å². The van der Waals surface area contributed by atoms with E-state index in [1.165, 1.54) is 12.6 Å². The van der Waals surface area contributed by atoms with Crippen LogP contribution in [0.4, 0.5) is 10.1 Å². The number of aliphatic imine (C=N–C) groups is 1. The molecular formula is C23H24FN7. The molecule has 7 nitrogen and oxygen atoms in total. The predicted octanol–water partition coefficient (Wildman–Crippen LogP) is 4.26. The minimum Gasteiger partial charge on any atom is -0.369 e. The van der Waals surface area contributed by atoms with Gasteiger partial charge in [0.15, 0.2) is 5.82 Å². The van der Waals surface area contributed by atoms with E-state index < -0.39 is 0 Å². The van der Waals surface area contributed by atoms with Gasteiger partial charge in [0.2, 0.25) is 0 Å². The molecule has 0 amide bonds. The minimum atomic E-state index is -0.380. The third-order valence-electron chi connectivity index (χ3n) is 5.51. The maximum atomic E-state index is 13.9. The first-order chi connectivity index (χ1) is 15.1. The molecule has 0 saturated carbocycles. The highest BCUT2D eigenvalue weighted by Gasteiger charge is 2.14. The van der Waals surface area contributed by atoms with Crippen LogP contribution in [0.2, 0.25) is 0 Å².